The number of para-hydroxylation sites is 2. The third kappa shape index (κ3) is 3.75. The zero-order valence-electron chi connectivity index (χ0n) is 16.0. The quantitative estimate of drug-likeness (QED) is 0.369. The van der Waals surface area contributed by atoms with E-state index in [2.05, 4.69) is 9.97 Å². The van der Waals surface area contributed by atoms with E-state index in [0.29, 0.717) is 5.75 Å². The molecule has 4 rings (SSSR count). The van der Waals surface area contributed by atoms with E-state index in [1.165, 1.54) is 6.07 Å². The standard InChI is InChI=1S/C22H19N3O4/c1-14-7-9-21(19(11-14)25(26)27)29-13-16-12-15(8-10-20(16)28-2)22-23-17-5-3-4-6-18(17)24-22/h3-12H,13H2,1-2H3,(H,23,24). The number of aryl methyl sites for hydroxylation is 1. The molecular formula is C22H19N3O4. The third-order valence-corrected chi connectivity index (χ3v) is 4.64. The highest BCUT2D eigenvalue weighted by Gasteiger charge is 2.16. The van der Waals surface area contributed by atoms with E-state index in [4.69, 9.17) is 9.47 Å². The molecule has 0 aliphatic heterocycles. The van der Waals surface area contributed by atoms with E-state index in [9.17, 15) is 10.1 Å². The van der Waals surface area contributed by atoms with E-state index in [-0.39, 0.29) is 18.0 Å². The van der Waals surface area contributed by atoms with Crippen molar-refractivity contribution in [1.29, 1.82) is 0 Å². The summed E-state index contributed by atoms with van der Waals surface area (Å²) in [7, 11) is 1.58. The number of methoxy groups -OCH3 is 1. The van der Waals surface area contributed by atoms with Crippen molar-refractivity contribution in [2.24, 2.45) is 0 Å². The van der Waals surface area contributed by atoms with E-state index in [0.717, 1.165) is 33.5 Å². The number of rotatable bonds is 6. The van der Waals surface area contributed by atoms with Crippen LogP contribution in [0.5, 0.6) is 11.5 Å². The van der Waals surface area contributed by atoms with Crippen LogP contribution in [0.1, 0.15) is 11.1 Å². The van der Waals surface area contributed by atoms with Crippen LogP contribution in [0.3, 0.4) is 0 Å². The minimum absolute atomic E-state index is 0.0580. The fraction of sp³-hybridized carbons (Fsp3) is 0.136. The highest BCUT2D eigenvalue weighted by Crippen LogP contribution is 2.31. The van der Waals surface area contributed by atoms with Gasteiger partial charge in [-0.25, -0.2) is 4.98 Å². The summed E-state index contributed by atoms with van der Waals surface area (Å²) in [5.74, 6) is 1.59. The molecular weight excluding hydrogens is 370 g/mol. The largest absolute Gasteiger partial charge is 0.496 e. The number of hydrogen-bond donors (Lipinski definition) is 1. The van der Waals surface area contributed by atoms with Crippen LogP contribution >= 0.6 is 0 Å². The molecule has 29 heavy (non-hydrogen) atoms. The van der Waals surface area contributed by atoms with Crippen LogP contribution in [0.15, 0.2) is 60.7 Å². The van der Waals surface area contributed by atoms with Crippen LogP contribution in [0, 0.1) is 17.0 Å². The van der Waals surface area contributed by atoms with Gasteiger partial charge in [-0.3, -0.25) is 10.1 Å². The Morgan fingerprint density at radius 2 is 1.86 bits per heavy atom. The normalized spacial score (nSPS) is 10.8. The summed E-state index contributed by atoms with van der Waals surface area (Å²) in [6.07, 6.45) is 0. The summed E-state index contributed by atoms with van der Waals surface area (Å²) in [6.45, 7) is 1.93. The second kappa shape index (κ2) is 7.63. The zero-order chi connectivity index (χ0) is 20.4. The minimum Gasteiger partial charge on any atom is -0.496 e. The van der Waals surface area contributed by atoms with Crippen LogP contribution in [0.25, 0.3) is 22.4 Å². The zero-order valence-corrected chi connectivity index (χ0v) is 16.0. The van der Waals surface area contributed by atoms with E-state index in [1.54, 1.807) is 26.2 Å². The molecule has 1 N–H and O–H groups in total. The number of imidazole rings is 1. The molecule has 7 heteroatoms. The second-order valence-corrected chi connectivity index (χ2v) is 6.65. The van der Waals surface area contributed by atoms with Crippen molar-refractivity contribution < 1.29 is 14.4 Å². The Labute approximate surface area is 167 Å². The van der Waals surface area contributed by atoms with Crippen molar-refractivity contribution in [3.8, 4) is 22.9 Å². The lowest BCUT2D eigenvalue weighted by molar-refractivity contribution is -0.386. The van der Waals surface area contributed by atoms with Gasteiger partial charge in [0.25, 0.3) is 0 Å². The Hall–Kier alpha value is -3.87. The summed E-state index contributed by atoms with van der Waals surface area (Å²) in [5.41, 5.74) is 4.21. The first kappa shape index (κ1) is 18.5. The minimum atomic E-state index is -0.440. The lowest BCUT2D eigenvalue weighted by Crippen LogP contribution is -2.02. The SMILES string of the molecule is COc1ccc(-c2nc3ccccc3[nH]2)cc1COc1ccc(C)cc1[N+](=O)[O-]. The Balaban J connectivity index is 1.65. The summed E-state index contributed by atoms with van der Waals surface area (Å²) in [5, 5.41) is 11.3. The smallest absolute Gasteiger partial charge is 0.311 e. The summed E-state index contributed by atoms with van der Waals surface area (Å²) in [4.78, 5) is 18.8. The van der Waals surface area contributed by atoms with Gasteiger partial charge >= 0.3 is 5.69 Å². The molecule has 0 saturated heterocycles. The highest BCUT2D eigenvalue weighted by atomic mass is 16.6. The molecule has 0 fully saturated rings. The fourth-order valence-corrected chi connectivity index (χ4v) is 3.18. The number of H-pyrrole nitrogens is 1. The average molecular weight is 389 g/mol. The summed E-state index contributed by atoms with van der Waals surface area (Å²) < 4.78 is 11.2. The number of aromatic nitrogens is 2. The first-order valence-electron chi connectivity index (χ1n) is 9.05. The molecule has 0 unspecified atom stereocenters. The molecule has 1 aromatic heterocycles. The molecule has 1 heterocycles. The van der Waals surface area contributed by atoms with E-state index < -0.39 is 4.92 Å². The molecule has 7 nitrogen and oxygen atoms in total. The van der Waals surface area contributed by atoms with Crippen LogP contribution in [-0.2, 0) is 6.61 Å². The van der Waals surface area contributed by atoms with Gasteiger partial charge in [-0.2, -0.15) is 0 Å². The average Bonchev–Trinajstić information content (AvgIpc) is 3.17. The monoisotopic (exact) mass is 389 g/mol. The first-order chi connectivity index (χ1) is 14.0. The van der Waals surface area contributed by atoms with Crippen molar-refractivity contribution in [1.82, 2.24) is 9.97 Å². The fourth-order valence-electron chi connectivity index (χ4n) is 3.18. The topological polar surface area (TPSA) is 90.3 Å². The molecule has 0 aliphatic rings. The molecule has 0 radical (unpaired) electrons. The van der Waals surface area contributed by atoms with Gasteiger partial charge in [0.15, 0.2) is 5.75 Å². The van der Waals surface area contributed by atoms with Crippen LogP contribution in [-0.4, -0.2) is 22.0 Å². The van der Waals surface area contributed by atoms with Gasteiger partial charge in [-0.15, -0.1) is 0 Å². The van der Waals surface area contributed by atoms with Crippen molar-refractivity contribution in [2.75, 3.05) is 7.11 Å². The maximum atomic E-state index is 11.3. The van der Waals surface area contributed by atoms with Crippen molar-refractivity contribution in [2.45, 2.75) is 13.5 Å². The van der Waals surface area contributed by atoms with Crippen LogP contribution < -0.4 is 9.47 Å². The first-order valence-corrected chi connectivity index (χ1v) is 9.05. The predicted molar refractivity (Wildman–Crippen MR) is 110 cm³/mol. The maximum absolute atomic E-state index is 11.3. The molecule has 0 aliphatic carbocycles. The van der Waals surface area contributed by atoms with Crippen molar-refractivity contribution in [3.05, 3.63) is 81.9 Å². The number of benzene rings is 3. The van der Waals surface area contributed by atoms with Gasteiger partial charge in [0.05, 0.1) is 23.1 Å². The Morgan fingerprint density at radius 3 is 2.62 bits per heavy atom. The molecule has 0 saturated carbocycles. The number of nitro benzene ring substituents is 1. The number of ether oxygens (including phenoxy) is 2. The lowest BCUT2D eigenvalue weighted by atomic mass is 10.1. The maximum Gasteiger partial charge on any atom is 0.311 e. The molecule has 3 aromatic carbocycles. The van der Waals surface area contributed by atoms with Gasteiger partial charge < -0.3 is 14.5 Å². The number of aromatic amines is 1. The van der Waals surface area contributed by atoms with E-state index >= 15 is 0 Å². The molecule has 0 spiro atoms. The molecule has 0 atom stereocenters. The lowest BCUT2D eigenvalue weighted by Gasteiger charge is -2.12. The number of nitro groups is 1. The van der Waals surface area contributed by atoms with Gasteiger partial charge in [0.2, 0.25) is 0 Å². The molecule has 0 bridgehead atoms. The molecule has 0 amide bonds. The summed E-state index contributed by atoms with van der Waals surface area (Å²) in [6, 6.07) is 18.4. The van der Waals surface area contributed by atoms with Crippen molar-refractivity contribution in [3.63, 3.8) is 0 Å². The number of nitrogens with one attached hydrogen (secondary N) is 1. The van der Waals surface area contributed by atoms with Crippen molar-refractivity contribution >= 4 is 16.7 Å². The second-order valence-electron chi connectivity index (χ2n) is 6.65. The van der Waals surface area contributed by atoms with Gasteiger partial charge in [-0.1, -0.05) is 18.2 Å². The molecule has 4 aromatic rings. The number of hydrogen-bond acceptors (Lipinski definition) is 5. The van der Waals surface area contributed by atoms with Gasteiger partial charge in [0, 0.05) is 17.2 Å². The van der Waals surface area contributed by atoms with Crippen LogP contribution in [0.2, 0.25) is 0 Å². The van der Waals surface area contributed by atoms with Gasteiger partial charge in [-0.05, 0) is 48.9 Å². The van der Waals surface area contributed by atoms with Gasteiger partial charge in [0.1, 0.15) is 18.2 Å². The predicted octanol–water partition coefficient (Wildman–Crippen LogP) is 5.03. The highest BCUT2D eigenvalue weighted by molar-refractivity contribution is 5.79. The number of fused-ring (bicyclic) bond motifs is 1. The van der Waals surface area contributed by atoms with E-state index in [1.807, 2.05) is 42.5 Å². The summed E-state index contributed by atoms with van der Waals surface area (Å²) >= 11 is 0. The molecule has 146 valence electrons. The Morgan fingerprint density at radius 1 is 1.07 bits per heavy atom. The van der Waals surface area contributed by atoms with Crippen LogP contribution in [0.4, 0.5) is 5.69 Å². The Kier molecular flexibility index (Phi) is 4.87. The third-order valence-electron chi connectivity index (χ3n) is 4.64. The number of nitrogens with zero attached hydrogens (tertiary/aromatic N) is 2. The Bertz CT molecular complexity index is 1170.